The first-order valence-electron chi connectivity index (χ1n) is 8.83. The van der Waals surface area contributed by atoms with Gasteiger partial charge in [-0.05, 0) is 43.0 Å². The number of Topliss-reactive ketones (excluding diaryl/α,β-unsaturated/α-hetero) is 1. The lowest BCUT2D eigenvalue weighted by molar-refractivity contribution is 0.100. The number of rotatable bonds is 5. The fourth-order valence-electron chi connectivity index (χ4n) is 3.19. The Bertz CT molecular complexity index is 915. The summed E-state index contributed by atoms with van der Waals surface area (Å²) in [5.74, 6) is 0.0794. The van der Waals surface area contributed by atoms with Gasteiger partial charge in [-0.25, -0.2) is 0 Å². The number of ketones is 1. The Balaban J connectivity index is 1.69. The third kappa shape index (κ3) is 4.15. The first-order chi connectivity index (χ1) is 12.5. The van der Waals surface area contributed by atoms with Gasteiger partial charge in [-0.3, -0.25) is 9.79 Å². The van der Waals surface area contributed by atoms with Gasteiger partial charge >= 0.3 is 0 Å². The molecule has 0 aliphatic carbocycles. The third-order valence-electron chi connectivity index (χ3n) is 4.45. The van der Waals surface area contributed by atoms with Crippen molar-refractivity contribution in [3.8, 4) is 11.1 Å². The van der Waals surface area contributed by atoms with E-state index in [4.69, 9.17) is 0 Å². The number of nitrogens with zero attached hydrogens (tertiary/aromatic N) is 1. The van der Waals surface area contributed by atoms with Crippen LogP contribution in [0.25, 0.3) is 11.1 Å². The monoisotopic (exact) mass is 341 g/mol. The third-order valence-corrected chi connectivity index (χ3v) is 4.45. The molecule has 26 heavy (non-hydrogen) atoms. The molecule has 0 aliphatic heterocycles. The summed E-state index contributed by atoms with van der Waals surface area (Å²) in [5.41, 5.74) is 7.45. The van der Waals surface area contributed by atoms with Gasteiger partial charge in [-0.2, -0.15) is 0 Å². The summed E-state index contributed by atoms with van der Waals surface area (Å²) >= 11 is 0. The van der Waals surface area contributed by atoms with Crippen LogP contribution in [0.4, 0.5) is 5.69 Å². The molecule has 0 aliphatic rings. The molecule has 0 heterocycles. The van der Waals surface area contributed by atoms with E-state index in [0.29, 0.717) is 12.0 Å². The number of hydrogen-bond acceptors (Lipinski definition) is 2. The van der Waals surface area contributed by atoms with Crippen LogP contribution in [-0.4, -0.2) is 12.0 Å². The van der Waals surface area contributed by atoms with Crippen molar-refractivity contribution in [2.24, 2.45) is 4.99 Å². The Morgan fingerprint density at radius 1 is 0.846 bits per heavy atom. The van der Waals surface area contributed by atoms with Gasteiger partial charge in [0.2, 0.25) is 0 Å². The zero-order chi connectivity index (χ0) is 18.5. The molecule has 0 bridgehead atoms. The van der Waals surface area contributed by atoms with Crippen LogP contribution in [0.3, 0.4) is 0 Å². The molecule has 130 valence electrons. The number of hydrogen-bond donors (Lipinski definition) is 0. The zero-order valence-electron chi connectivity index (χ0n) is 15.5. The van der Waals surface area contributed by atoms with E-state index in [-0.39, 0.29) is 5.78 Å². The molecule has 0 spiro atoms. The Kier molecular flexibility index (Phi) is 5.43. The van der Waals surface area contributed by atoms with E-state index in [1.165, 1.54) is 5.56 Å². The molecule has 0 N–H and O–H groups in total. The fourth-order valence-corrected chi connectivity index (χ4v) is 3.19. The molecular weight excluding hydrogens is 318 g/mol. The Hall–Kier alpha value is -3.00. The molecule has 0 aromatic heterocycles. The number of aliphatic imine (C=N–C) groups is 1. The molecule has 2 nitrogen and oxygen atoms in total. The molecule has 0 atom stereocenters. The average Bonchev–Trinajstić information content (AvgIpc) is 2.64. The first-order valence-corrected chi connectivity index (χ1v) is 8.83. The van der Waals surface area contributed by atoms with Gasteiger partial charge in [0, 0.05) is 18.2 Å². The second kappa shape index (κ2) is 7.92. The summed E-state index contributed by atoms with van der Waals surface area (Å²) in [7, 11) is 0. The van der Waals surface area contributed by atoms with Gasteiger partial charge in [0.25, 0.3) is 0 Å². The minimum atomic E-state index is 0.0794. The molecule has 0 amide bonds. The van der Waals surface area contributed by atoms with Crippen molar-refractivity contribution in [1.29, 1.82) is 0 Å². The van der Waals surface area contributed by atoms with Gasteiger partial charge in [0.05, 0.1) is 5.69 Å². The maximum atomic E-state index is 12.4. The molecule has 0 fully saturated rings. The smallest absolute Gasteiger partial charge is 0.168 e. The van der Waals surface area contributed by atoms with E-state index in [0.717, 1.165) is 27.9 Å². The van der Waals surface area contributed by atoms with Crippen molar-refractivity contribution >= 4 is 17.7 Å². The van der Waals surface area contributed by atoms with E-state index < -0.39 is 0 Å². The Morgan fingerprint density at radius 2 is 1.42 bits per heavy atom. The normalized spacial score (nSPS) is 11.0. The highest BCUT2D eigenvalue weighted by molar-refractivity contribution is 6.04. The van der Waals surface area contributed by atoms with Crippen LogP contribution >= 0.6 is 0 Å². The maximum absolute atomic E-state index is 12.4. The van der Waals surface area contributed by atoms with Crippen LogP contribution < -0.4 is 0 Å². The summed E-state index contributed by atoms with van der Waals surface area (Å²) in [6, 6.07) is 22.2. The maximum Gasteiger partial charge on any atom is 0.168 e. The molecule has 0 saturated heterocycles. The number of carbonyl (C=O) groups excluding carboxylic acids is 1. The van der Waals surface area contributed by atoms with Gasteiger partial charge in [0.1, 0.15) is 0 Å². The van der Waals surface area contributed by atoms with Crippen LogP contribution in [0.2, 0.25) is 0 Å². The molecule has 0 saturated carbocycles. The van der Waals surface area contributed by atoms with Crippen molar-refractivity contribution in [2.45, 2.75) is 27.2 Å². The minimum Gasteiger partial charge on any atom is -0.294 e. The first kappa shape index (κ1) is 17.8. The standard InChI is InChI=1S/C24H23NO/c1-17-15-18(2)24(19(3)16-17)25-14-13-23(26)22-11-9-21(10-12-22)20-7-5-4-6-8-20/h4-12,14-16H,13H2,1-3H3. The lowest BCUT2D eigenvalue weighted by Crippen LogP contribution is -1.99. The highest BCUT2D eigenvalue weighted by atomic mass is 16.1. The highest BCUT2D eigenvalue weighted by Crippen LogP contribution is 2.25. The van der Waals surface area contributed by atoms with E-state index in [2.05, 4.69) is 50.0 Å². The summed E-state index contributed by atoms with van der Waals surface area (Å²) in [6.07, 6.45) is 2.02. The largest absolute Gasteiger partial charge is 0.294 e. The fraction of sp³-hybridized carbons (Fsp3) is 0.167. The van der Waals surface area contributed by atoms with Crippen molar-refractivity contribution < 1.29 is 4.79 Å². The minimum absolute atomic E-state index is 0.0794. The quantitative estimate of drug-likeness (QED) is 0.398. The Labute approximate surface area is 155 Å². The van der Waals surface area contributed by atoms with Crippen molar-refractivity contribution in [1.82, 2.24) is 0 Å². The highest BCUT2D eigenvalue weighted by Gasteiger charge is 2.06. The lowest BCUT2D eigenvalue weighted by Gasteiger charge is -2.06. The Morgan fingerprint density at radius 3 is 2.04 bits per heavy atom. The number of aryl methyl sites for hydroxylation is 3. The van der Waals surface area contributed by atoms with E-state index >= 15 is 0 Å². The molecule has 3 aromatic carbocycles. The van der Waals surface area contributed by atoms with Gasteiger partial charge in [0.15, 0.2) is 5.78 Å². The zero-order valence-corrected chi connectivity index (χ0v) is 15.5. The molecule has 2 heteroatoms. The summed E-state index contributed by atoms with van der Waals surface area (Å²) in [4.78, 5) is 16.9. The molecule has 0 unspecified atom stereocenters. The molecule has 0 radical (unpaired) electrons. The van der Waals surface area contributed by atoms with Gasteiger partial charge in [-0.15, -0.1) is 0 Å². The average molecular weight is 341 g/mol. The number of benzene rings is 3. The second-order valence-electron chi connectivity index (χ2n) is 6.63. The van der Waals surface area contributed by atoms with Crippen LogP contribution in [-0.2, 0) is 0 Å². The predicted molar refractivity (Wildman–Crippen MR) is 110 cm³/mol. The van der Waals surface area contributed by atoms with Crippen LogP contribution in [0, 0.1) is 20.8 Å². The van der Waals surface area contributed by atoms with Gasteiger partial charge in [-0.1, -0.05) is 72.3 Å². The second-order valence-corrected chi connectivity index (χ2v) is 6.63. The molecule has 3 rings (SSSR count). The SMILES string of the molecule is Cc1cc(C)c(N=CCC(=O)c2ccc(-c3ccccc3)cc2)c(C)c1. The summed E-state index contributed by atoms with van der Waals surface area (Å²) in [5, 5.41) is 0. The van der Waals surface area contributed by atoms with E-state index in [9.17, 15) is 4.79 Å². The van der Waals surface area contributed by atoms with Crippen molar-refractivity contribution in [3.05, 3.63) is 89.0 Å². The topological polar surface area (TPSA) is 29.4 Å². The lowest BCUT2D eigenvalue weighted by atomic mass is 10.0. The van der Waals surface area contributed by atoms with Crippen LogP contribution in [0.15, 0.2) is 71.7 Å². The summed E-state index contributed by atoms with van der Waals surface area (Å²) < 4.78 is 0. The number of carbonyl (C=O) groups is 1. The van der Waals surface area contributed by atoms with Crippen molar-refractivity contribution in [3.63, 3.8) is 0 Å². The van der Waals surface area contributed by atoms with E-state index in [1.807, 2.05) is 42.5 Å². The van der Waals surface area contributed by atoms with Crippen LogP contribution in [0.5, 0.6) is 0 Å². The summed E-state index contributed by atoms with van der Waals surface area (Å²) in [6.45, 7) is 6.18. The van der Waals surface area contributed by atoms with Crippen LogP contribution in [0.1, 0.15) is 33.5 Å². The predicted octanol–water partition coefficient (Wildman–Crippen LogP) is 6.25. The molecular formula is C24H23NO. The van der Waals surface area contributed by atoms with Crippen molar-refractivity contribution in [2.75, 3.05) is 0 Å². The molecule has 3 aromatic rings. The van der Waals surface area contributed by atoms with E-state index in [1.54, 1.807) is 6.21 Å². The van der Waals surface area contributed by atoms with Gasteiger partial charge < -0.3 is 0 Å².